The number of benzene rings is 1. The third-order valence-electron chi connectivity index (χ3n) is 2.65. The van der Waals surface area contributed by atoms with E-state index >= 15 is 0 Å². The molecule has 1 aromatic carbocycles. The quantitative estimate of drug-likeness (QED) is 0.894. The van der Waals surface area contributed by atoms with E-state index in [1.165, 1.54) is 12.1 Å². The molecule has 2 N–H and O–H groups in total. The molecule has 0 aliphatic carbocycles. The molecule has 0 saturated carbocycles. The topological polar surface area (TPSA) is 40.7 Å². The highest BCUT2D eigenvalue weighted by molar-refractivity contribution is 5.60. The summed E-state index contributed by atoms with van der Waals surface area (Å²) in [4.78, 5) is 0. The van der Waals surface area contributed by atoms with Crippen LogP contribution in [0.1, 0.15) is 26.5 Å². The first-order valence-electron chi connectivity index (χ1n) is 6.10. The SMILES string of the molecule is CC(C)(C)NCc1cc(-c2ccc(F)cc2F)n[nH]1. The molecule has 0 aliphatic heterocycles. The highest BCUT2D eigenvalue weighted by Gasteiger charge is 2.12. The summed E-state index contributed by atoms with van der Waals surface area (Å²) in [6.07, 6.45) is 0. The molecule has 0 spiro atoms. The molecule has 0 atom stereocenters. The molecular weight excluding hydrogens is 248 g/mol. The maximum atomic E-state index is 13.6. The van der Waals surface area contributed by atoms with E-state index < -0.39 is 11.6 Å². The van der Waals surface area contributed by atoms with Gasteiger partial charge in [0, 0.05) is 29.4 Å². The molecule has 0 saturated heterocycles. The van der Waals surface area contributed by atoms with E-state index in [9.17, 15) is 8.78 Å². The van der Waals surface area contributed by atoms with Gasteiger partial charge < -0.3 is 5.32 Å². The van der Waals surface area contributed by atoms with Gasteiger partial charge >= 0.3 is 0 Å². The molecule has 2 aromatic rings. The molecule has 0 bridgehead atoms. The fourth-order valence-electron chi connectivity index (χ4n) is 1.65. The zero-order valence-electron chi connectivity index (χ0n) is 11.2. The van der Waals surface area contributed by atoms with E-state index in [0.717, 1.165) is 11.8 Å². The van der Waals surface area contributed by atoms with Crippen LogP contribution < -0.4 is 5.32 Å². The predicted octanol–water partition coefficient (Wildman–Crippen LogP) is 3.24. The minimum absolute atomic E-state index is 0.00754. The number of halogens is 2. The van der Waals surface area contributed by atoms with Crippen molar-refractivity contribution in [2.45, 2.75) is 32.9 Å². The third kappa shape index (κ3) is 3.61. The third-order valence-corrected chi connectivity index (χ3v) is 2.65. The number of H-pyrrole nitrogens is 1. The van der Waals surface area contributed by atoms with Gasteiger partial charge in [-0.05, 0) is 39.0 Å². The van der Waals surface area contributed by atoms with Crippen LogP contribution in [0, 0.1) is 11.6 Å². The van der Waals surface area contributed by atoms with Crippen LogP contribution >= 0.6 is 0 Å². The molecule has 102 valence electrons. The zero-order chi connectivity index (χ0) is 14.0. The summed E-state index contributed by atoms with van der Waals surface area (Å²) in [5, 5.41) is 10.2. The Bertz CT molecular complexity index is 570. The van der Waals surface area contributed by atoms with Gasteiger partial charge in [-0.25, -0.2) is 8.78 Å². The van der Waals surface area contributed by atoms with Crippen molar-refractivity contribution in [1.29, 1.82) is 0 Å². The van der Waals surface area contributed by atoms with Gasteiger partial charge in [-0.1, -0.05) is 0 Å². The number of rotatable bonds is 3. The molecule has 1 heterocycles. The number of nitrogens with zero attached hydrogens (tertiary/aromatic N) is 1. The first-order chi connectivity index (χ1) is 8.85. The van der Waals surface area contributed by atoms with E-state index in [1.54, 1.807) is 6.07 Å². The van der Waals surface area contributed by atoms with E-state index in [2.05, 4.69) is 36.3 Å². The largest absolute Gasteiger partial charge is 0.306 e. The van der Waals surface area contributed by atoms with Gasteiger partial charge in [-0.15, -0.1) is 0 Å². The lowest BCUT2D eigenvalue weighted by Gasteiger charge is -2.19. The summed E-state index contributed by atoms with van der Waals surface area (Å²) in [5.74, 6) is -1.20. The number of hydrogen-bond donors (Lipinski definition) is 2. The summed E-state index contributed by atoms with van der Waals surface area (Å²) >= 11 is 0. The fourth-order valence-corrected chi connectivity index (χ4v) is 1.65. The minimum Gasteiger partial charge on any atom is -0.306 e. The lowest BCUT2D eigenvalue weighted by Crippen LogP contribution is -2.35. The highest BCUT2D eigenvalue weighted by Crippen LogP contribution is 2.22. The molecule has 2 rings (SSSR count). The summed E-state index contributed by atoms with van der Waals surface area (Å²) in [6, 6.07) is 5.23. The second-order valence-electron chi connectivity index (χ2n) is 5.51. The van der Waals surface area contributed by atoms with Gasteiger partial charge in [-0.2, -0.15) is 5.10 Å². The second kappa shape index (κ2) is 5.09. The van der Waals surface area contributed by atoms with Crippen LogP contribution in [0.4, 0.5) is 8.78 Å². The van der Waals surface area contributed by atoms with Crippen LogP contribution in [0.25, 0.3) is 11.3 Å². The summed E-state index contributed by atoms with van der Waals surface area (Å²) in [6.45, 7) is 6.79. The van der Waals surface area contributed by atoms with Gasteiger partial charge in [0.2, 0.25) is 0 Å². The van der Waals surface area contributed by atoms with Crippen LogP contribution in [-0.4, -0.2) is 15.7 Å². The molecule has 0 unspecified atom stereocenters. The van der Waals surface area contributed by atoms with Crippen LogP contribution in [0.15, 0.2) is 24.3 Å². The molecule has 1 aromatic heterocycles. The minimum atomic E-state index is -0.609. The normalized spacial score (nSPS) is 11.8. The van der Waals surface area contributed by atoms with Gasteiger partial charge in [0.05, 0.1) is 5.69 Å². The van der Waals surface area contributed by atoms with Crippen LogP contribution in [0.3, 0.4) is 0 Å². The number of aromatic nitrogens is 2. The smallest absolute Gasteiger partial charge is 0.135 e. The van der Waals surface area contributed by atoms with Crippen LogP contribution in [-0.2, 0) is 6.54 Å². The summed E-state index contributed by atoms with van der Waals surface area (Å²) in [5.41, 5.74) is 1.61. The Labute approximate surface area is 111 Å². The van der Waals surface area contributed by atoms with E-state index in [0.29, 0.717) is 17.8 Å². The maximum Gasteiger partial charge on any atom is 0.135 e. The number of aromatic amines is 1. The molecule has 0 amide bonds. The molecule has 0 radical (unpaired) electrons. The second-order valence-corrected chi connectivity index (χ2v) is 5.51. The molecule has 3 nitrogen and oxygen atoms in total. The van der Waals surface area contributed by atoms with E-state index in [1.807, 2.05) is 0 Å². The predicted molar refractivity (Wildman–Crippen MR) is 70.5 cm³/mol. The van der Waals surface area contributed by atoms with Gasteiger partial charge in [0.25, 0.3) is 0 Å². The monoisotopic (exact) mass is 265 g/mol. The number of hydrogen-bond acceptors (Lipinski definition) is 2. The van der Waals surface area contributed by atoms with Crippen molar-refractivity contribution in [2.24, 2.45) is 0 Å². The van der Waals surface area contributed by atoms with Crippen molar-refractivity contribution in [2.75, 3.05) is 0 Å². The molecule has 5 heteroatoms. The highest BCUT2D eigenvalue weighted by atomic mass is 19.1. The van der Waals surface area contributed by atoms with Crippen LogP contribution in [0.5, 0.6) is 0 Å². The standard InChI is InChI=1S/C14H17F2N3/c1-14(2,3)17-8-10-7-13(19-18-10)11-5-4-9(15)6-12(11)16/h4-7,17H,8H2,1-3H3,(H,18,19). The van der Waals surface area contributed by atoms with Gasteiger partial charge in [-0.3, -0.25) is 5.10 Å². The Kier molecular flexibility index (Phi) is 3.66. The first kappa shape index (κ1) is 13.7. The van der Waals surface area contributed by atoms with Crippen molar-refractivity contribution in [3.63, 3.8) is 0 Å². The van der Waals surface area contributed by atoms with Crippen LogP contribution in [0.2, 0.25) is 0 Å². The first-order valence-corrected chi connectivity index (χ1v) is 6.10. The Hall–Kier alpha value is -1.75. The molecule has 19 heavy (non-hydrogen) atoms. The van der Waals surface area contributed by atoms with E-state index in [-0.39, 0.29) is 5.54 Å². The van der Waals surface area contributed by atoms with Crippen molar-refractivity contribution in [3.8, 4) is 11.3 Å². The van der Waals surface area contributed by atoms with Gasteiger partial charge in [0.15, 0.2) is 0 Å². The average Bonchev–Trinajstić information content (AvgIpc) is 2.74. The summed E-state index contributed by atoms with van der Waals surface area (Å²) < 4.78 is 26.5. The average molecular weight is 265 g/mol. The van der Waals surface area contributed by atoms with Crippen molar-refractivity contribution >= 4 is 0 Å². The summed E-state index contributed by atoms with van der Waals surface area (Å²) in [7, 11) is 0. The maximum absolute atomic E-state index is 13.6. The fraction of sp³-hybridized carbons (Fsp3) is 0.357. The Morgan fingerprint density at radius 1 is 1.21 bits per heavy atom. The molecule has 0 fully saturated rings. The van der Waals surface area contributed by atoms with Crippen molar-refractivity contribution < 1.29 is 8.78 Å². The molecule has 0 aliphatic rings. The Morgan fingerprint density at radius 2 is 1.95 bits per heavy atom. The lowest BCUT2D eigenvalue weighted by atomic mass is 10.1. The van der Waals surface area contributed by atoms with E-state index in [4.69, 9.17) is 0 Å². The Morgan fingerprint density at radius 3 is 2.58 bits per heavy atom. The van der Waals surface area contributed by atoms with Crippen molar-refractivity contribution in [1.82, 2.24) is 15.5 Å². The molecular formula is C14H17F2N3. The Balaban J connectivity index is 2.16. The van der Waals surface area contributed by atoms with Crippen molar-refractivity contribution in [3.05, 3.63) is 41.6 Å². The van der Waals surface area contributed by atoms with Gasteiger partial charge in [0.1, 0.15) is 11.6 Å². The number of nitrogens with one attached hydrogen (secondary N) is 2. The zero-order valence-corrected chi connectivity index (χ0v) is 11.2. The lowest BCUT2D eigenvalue weighted by molar-refractivity contribution is 0.421.